The quantitative estimate of drug-likeness (QED) is 0.946. The first kappa shape index (κ1) is 14.1. The van der Waals surface area contributed by atoms with Crippen molar-refractivity contribution in [1.82, 2.24) is 9.88 Å². The topological polar surface area (TPSA) is 45.2 Å². The van der Waals surface area contributed by atoms with Gasteiger partial charge in [-0.15, -0.1) is 0 Å². The summed E-state index contributed by atoms with van der Waals surface area (Å²) in [5, 5.41) is 4.87. The summed E-state index contributed by atoms with van der Waals surface area (Å²) in [6.45, 7) is 2.09. The number of fused-ring (bicyclic) bond motifs is 1. The molecule has 1 saturated heterocycles. The highest BCUT2D eigenvalue weighted by Crippen LogP contribution is 2.24. The lowest BCUT2D eigenvalue weighted by Gasteiger charge is -2.27. The van der Waals surface area contributed by atoms with Gasteiger partial charge >= 0.3 is 0 Å². The molecule has 1 N–H and O–H groups in total. The first-order valence-corrected chi connectivity index (χ1v) is 7.68. The van der Waals surface area contributed by atoms with Crippen LogP contribution in [-0.2, 0) is 4.79 Å². The highest BCUT2D eigenvalue weighted by Gasteiger charge is 2.16. The molecule has 0 aliphatic carbocycles. The Morgan fingerprint density at radius 2 is 2.05 bits per heavy atom. The number of piperidine rings is 1. The summed E-state index contributed by atoms with van der Waals surface area (Å²) in [5.41, 5.74) is 1.75. The number of hydrogen-bond acceptors (Lipinski definition) is 3. The molecule has 3 rings (SSSR count). The van der Waals surface area contributed by atoms with E-state index in [0.717, 1.165) is 42.5 Å². The Morgan fingerprint density at radius 1 is 1.24 bits per heavy atom. The van der Waals surface area contributed by atoms with Gasteiger partial charge in [0.15, 0.2) is 0 Å². The van der Waals surface area contributed by atoms with Crippen molar-refractivity contribution >= 4 is 34.1 Å². The average Bonchev–Trinajstić information content (AvgIpc) is 2.53. The minimum atomic E-state index is 0.161. The first-order valence-electron chi connectivity index (χ1n) is 7.30. The second-order valence-corrected chi connectivity index (χ2v) is 5.75. The molecule has 0 radical (unpaired) electrons. The zero-order valence-electron chi connectivity index (χ0n) is 11.8. The Hall–Kier alpha value is -1.81. The second kappa shape index (κ2) is 6.31. The summed E-state index contributed by atoms with van der Waals surface area (Å²) in [4.78, 5) is 18.4. The number of likely N-dealkylation sites (tertiary alicyclic amines) is 1. The van der Waals surface area contributed by atoms with Crippen molar-refractivity contribution in [3.63, 3.8) is 0 Å². The van der Waals surface area contributed by atoms with Gasteiger partial charge < -0.3 is 10.2 Å². The molecule has 1 amide bonds. The molecule has 110 valence electrons. The van der Waals surface area contributed by atoms with Gasteiger partial charge in [0.25, 0.3) is 0 Å². The van der Waals surface area contributed by atoms with E-state index < -0.39 is 0 Å². The van der Waals surface area contributed by atoms with Crippen molar-refractivity contribution in [3.05, 3.63) is 35.5 Å². The molecule has 1 aliphatic rings. The van der Waals surface area contributed by atoms with Crippen molar-refractivity contribution in [2.75, 3.05) is 25.0 Å². The van der Waals surface area contributed by atoms with Crippen LogP contribution in [0.25, 0.3) is 10.9 Å². The molecule has 5 heteroatoms. The van der Waals surface area contributed by atoms with E-state index in [0.29, 0.717) is 11.6 Å². The lowest BCUT2D eigenvalue weighted by atomic mass is 10.1. The van der Waals surface area contributed by atoms with Crippen LogP contribution in [-0.4, -0.2) is 35.4 Å². The Morgan fingerprint density at radius 3 is 2.86 bits per heavy atom. The Balaban J connectivity index is 1.71. The fraction of sp³-hybridized carbons (Fsp3) is 0.375. The minimum absolute atomic E-state index is 0.161. The van der Waals surface area contributed by atoms with Gasteiger partial charge in [-0.05, 0) is 43.5 Å². The molecule has 21 heavy (non-hydrogen) atoms. The molecule has 4 nitrogen and oxygen atoms in total. The zero-order chi connectivity index (χ0) is 14.7. The number of aromatic nitrogens is 1. The van der Waals surface area contributed by atoms with Crippen LogP contribution in [0.1, 0.15) is 19.3 Å². The lowest BCUT2D eigenvalue weighted by molar-refractivity contribution is -0.130. The van der Waals surface area contributed by atoms with E-state index in [1.165, 1.54) is 6.42 Å². The largest absolute Gasteiger partial charge is 0.376 e. The number of halogens is 1. The number of rotatable bonds is 3. The highest BCUT2D eigenvalue weighted by molar-refractivity contribution is 6.31. The van der Waals surface area contributed by atoms with Gasteiger partial charge in [0.05, 0.1) is 12.1 Å². The van der Waals surface area contributed by atoms with E-state index in [1.54, 1.807) is 6.20 Å². The monoisotopic (exact) mass is 303 g/mol. The van der Waals surface area contributed by atoms with Gasteiger partial charge in [-0.2, -0.15) is 0 Å². The third-order valence-electron chi connectivity index (χ3n) is 3.84. The fourth-order valence-electron chi connectivity index (χ4n) is 2.70. The summed E-state index contributed by atoms with van der Waals surface area (Å²) < 4.78 is 0. The van der Waals surface area contributed by atoms with Crippen molar-refractivity contribution in [2.24, 2.45) is 0 Å². The number of nitrogens with zero attached hydrogens (tertiary/aromatic N) is 2. The Labute approximate surface area is 129 Å². The third-order valence-corrected chi connectivity index (χ3v) is 4.08. The van der Waals surface area contributed by atoms with Crippen molar-refractivity contribution in [1.29, 1.82) is 0 Å². The molecule has 2 aromatic rings. The van der Waals surface area contributed by atoms with Gasteiger partial charge in [-0.25, -0.2) is 0 Å². The van der Waals surface area contributed by atoms with Gasteiger partial charge in [0.1, 0.15) is 0 Å². The molecule has 0 spiro atoms. The fourth-order valence-corrected chi connectivity index (χ4v) is 2.87. The number of hydrogen-bond donors (Lipinski definition) is 1. The number of amides is 1. The number of carbonyl (C=O) groups is 1. The molecule has 0 atom stereocenters. The molecule has 1 fully saturated rings. The van der Waals surface area contributed by atoms with E-state index in [2.05, 4.69) is 10.3 Å². The SMILES string of the molecule is O=C(CNc1ccnc2cc(Cl)ccc12)N1CCCCC1. The molecule has 1 aromatic carbocycles. The molecule has 0 unspecified atom stereocenters. The van der Waals surface area contributed by atoms with E-state index in [1.807, 2.05) is 29.2 Å². The van der Waals surface area contributed by atoms with Crippen molar-refractivity contribution in [3.8, 4) is 0 Å². The summed E-state index contributed by atoms with van der Waals surface area (Å²) in [5.74, 6) is 0.161. The number of benzene rings is 1. The smallest absolute Gasteiger partial charge is 0.241 e. The molecule has 1 aliphatic heterocycles. The summed E-state index contributed by atoms with van der Waals surface area (Å²) >= 11 is 5.98. The molecular weight excluding hydrogens is 286 g/mol. The molecule has 0 saturated carbocycles. The maximum absolute atomic E-state index is 12.2. The van der Waals surface area contributed by atoms with Gasteiger partial charge in [0.2, 0.25) is 5.91 Å². The first-order chi connectivity index (χ1) is 10.2. The number of nitrogens with one attached hydrogen (secondary N) is 1. The average molecular weight is 304 g/mol. The van der Waals surface area contributed by atoms with Crippen LogP contribution in [0.4, 0.5) is 5.69 Å². The Bertz CT molecular complexity index is 653. The highest BCUT2D eigenvalue weighted by atomic mass is 35.5. The zero-order valence-corrected chi connectivity index (χ0v) is 12.6. The predicted molar refractivity (Wildman–Crippen MR) is 85.7 cm³/mol. The molecular formula is C16H18ClN3O. The third kappa shape index (κ3) is 3.27. The van der Waals surface area contributed by atoms with Crippen molar-refractivity contribution < 1.29 is 4.79 Å². The van der Waals surface area contributed by atoms with Gasteiger partial charge in [-0.1, -0.05) is 11.6 Å². The van der Waals surface area contributed by atoms with Crippen LogP contribution in [0.15, 0.2) is 30.5 Å². The summed E-state index contributed by atoms with van der Waals surface area (Å²) in [7, 11) is 0. The normalized spacial score (nSPS) is 15.2. The minimum Gasteiger partial charge on any atom is -0.376 e. The van der Waals surface area contributed by atoms with Crippen molar-refractivity contribution in [2.45, 2.75) is 19.3 Å². The Kier molecular flexibility index (Phi) is 4.25. The predicted octanol–water partition coefficient (Wildman–Crippen LogP) is 3.31. The van der Waals surface area contributed by atoms with Crippen LogP contribution < -0.4 is 5.32 Å². The maximum Gasteiger partial charge on any atom is 0.241 e. The van der Waals surface area contributed by atoms with Crippen LogP contribution in [0.2, 0.25) is 5.02 Å². The van der Waals surface area contributed by atoms with Gasteiger partial charge in [0, 0.05) is 35.4 Å². The van der Waals surface area contributed by atoms with Crippen LogP contribution in [0.5, 0.6) is 0 Å². The maximum atomic E-state index is 12.2. The number of anilines is 1. The second-order valence-electron chi connectivity index (χ2n) is 5.31. The number of pyridine rings is 1. The van der Waals surface area contributed by atoms with Gasteiger partial charge in [-0.3, -0.25) is 9.78 Å². The standard InChI is InChI=1S/C16H18ClN3O/c17-12-4-5-13-14(6-7-18-15(13)10-12)19-11-16(21)20-8-2-1-3-9-20/h4-7,10H,1-3,8-9,11H2,(H,18,19). The summed E-state index contributed by atoms with van der Waals surface area (Å²) in [6, 6.07) is 7.48. The number of carbonyl (C=O) groups excluding carboxylic acids is 1. The van der Waals surface area contributed by atoms with E-state index in [-0.39, 0.29) is 5.91 Å². The lowest BCUT2D eigenvalue weighted by Crippen LogP contribution is -2.39. The summed E-state index contributed by atoms with van der Waals surface area (Å²) in [6.07, 6.45) is 5.18. The van der Waals surface area contributed by atoms with E-state index in [4.69, 9.17) is 11.6 Å². The molecule has 0 bridgehead atoms. The van der Waals surface area contributed by atoms with E-state index in [9.17, 15) is 4.79 Å². The van der Waals surface area contributed by atoms with Crippen LogP contribution in [0, 0.1) is 0 Å². The molecule has 1 aromatic heterocycles. The van der Waals surface area contributed by atoms with Crippen LogP contribution >= 0.6 is 11.6 Å². The van der Waals surface area contributed by atoms with Crippen LogP contribution in [0.3, 0.4) is 0 Å². The van der Waals surface area contributed by atoms with E-state index >= 15 is 0 Å². The molecule has 2 heterocycles.